The van der Waals surface area contributed by atoms with Crippen molar-refractivity contribution in [1.82, 2.24) is 0 Å². The van der Waals surface area contributed by atoms with E-state index in [-0.39, 0.29) is 22.4 Å². The van der Waals surface area contributed by atoms with E-state index in [4.69, 9.17) is 16.3 Å². The maximum atomic E-state index is 13.2. The van der Waals surface area contributed by atoms with Gasteiger partial charge in [0.2, 0.25) is 0 Å². The Balaban J connectivity index is 3.16. The second-order valence-corrected chi connectivity index (χ2v) is 4.82. The van der Waals surface area contributed by atoms with Crippen LogP contribution in [0.3, 0.4) is 0 Å². The Morgan fingerprint density at radius 3 is 2.47 bits per heavy atom. The first-order valence-electron chi connectivity index (χ1n) is 4.93. The summed E-state index contributed by atoms with van der Waals surface area (Å²) in [5, 5.41) is -0.228. The largest absolute Gasteiger partial charge is 0.456 e. The molecule has 1 aromatic rings. The molecule has 0 aliphatic carbocycles. The second kappa shape index (κ2) is 4.84. The predicted octanol–water partition coefficient (Wildman–Crippen LogP) is 3.25. The summed E-state index contributed by atoms with van der Waals surface area (Å²) in [4.78, 5) is 22.3. The van der Waals surface area contributed by atoms with Gasteiger partial charge in [0.25, 0.3) is 0 Å². The molecule has 0 radical (unpaired) electrons. The maximum Gasteiger partial charge on any atom is 0.340 e. The van der Waals surface area contributed by atoms with Crippen LogP contribution in [0.4, 0.5) is 4.39 Å². The van der Waals surface area contributed by atoms with Crippen LogP contribution >= 0.6 is 11.6 Å². The minimum atomic E-state index is -0.766. The lowest BCUT2D eigenvalue weighted by molar-refractivity contribution is 0.00697. The second-order valence-electron chi connectivity index (χ2n) is 4.44. The van der Waals surface area contributed by atoms with Gasteiger partial charge >= 0.3 is 5.97 Å². The quantitative estimate of drug-likeness (QED) is 0.604. The molecule has 0 unspecified atom stereocenters. The monoisotopic (exact) mass is 258 g/mol. The number of rotatable bonds is 2. The molecule has 0 N–H and O–H groups in total. The van der Waals surface area contributed by atoms with E-state index >= 15 is 0 Å². The summed E-state index contributed by atoms with van der Waals surface area (Å²) in [6.07, 6.45) is 0.269. The molecule has 0 atom stereocenters. The van der Waals surface area contributed by atoms with Crippen molar-refractivity contribution in [2.75, 3.05) is 0 Å². The van der Waals surface area contributed by atoms with Gasteiger partial charge in [-0.1, -0.05) is 11.6 Å². The van der Waals surface area contributed by atoms with Crippen LogP contribution in [-0.4, -0.2) is 17.9 Å². The van der Waals surface area contributed by atoms with E-state index in [2.05, 4.69) is 0 Å². The normalized spacial score (nSPS) is 11.1. The van der Waals surface area contributed by atoms with E-state index < -0.39 is 17.4 Å². The molecule has 3 nitrogen and oxygen atoms in total. The van der Waals surface area contributed by atoms with Gasteiger partial charge in [0, 0.05) is 0 Å². The molecule has 0 saturated heterocycles. The number of carbonyl (C=O) groups excluding carboxylic acids is 2. The highest BCUT2D eigenvalue weighted by molar-refractivity contribution is 6.35. The Kier molecular flexibility index (Phi) is 3.88. The Morgan fingerprint density at radius 1 is 1.41 bits per heavy atom. The third-order valence-electron chi connectivity index (χ3n) is 1.86. The summed E-state index contributed by atoms with van der Waals surface area (Å²) in [5.74, 6) is -1.46. The van der Waals surface area contributed by atoms with Crippen molar-refractivity contribution in [3.8, 4) is 0 Å². The third-order valence-corrected chi connectivity index (χ3v) is 2.27. The van der Waals surface area contributed by atoms with Crippen molar-refractivity contribution in [2.24, 2.45) is 0 Å². The smallest absolute Gasteiger partial charge is 0.340 e. The lowest BCUT2D eigenvalue weighted by Gasteiger charge is -2.20. The zero-order valence-corrected chi connectivity index (χ0v) is 10.5. The summed E-state index contributed by atoms with van der Waals surface area (Å²) in [6.45, 7) is 5.09. The Labute approximate surface area is 104 Å². The molecular formula is C12H12ClFO3. The number of hydrogen-bond acceptors (Lipinski definition) is 3. The van der Waals surface area contributed by atoms with E-state index in [1.807, 2.05) is 0 Å². The van der Waals surface area contributed by atoms with E-state index in [1.54, 1.807) is 20.8 Å². The van der Waals surface area contributed by atoms with Crippen LogP contribution in [-0.2, 0) is 4.74 Å². The number of esters is 1. The average Bonchev–Trinajstić information content (AvgIpc) is 2.15. The van der Waals surface area contributed by atoms with Gasteiger partial charge in [0.05, 0.1) is 16.1 Å². The molecule has 0 saturated carbocycles. The highest BCUT2D eigenvalue weighted by Gasteiger charge is 2.22. The first-order valence-corrected chi connectivity index (χ1v) is 5.30. The summed E-state index contributed by atoms with van der Waals surface area (Å²) in [5.41, 5.74) is -1.05. The fourth-order valence-electron chi connectivity index (χ4n) is 1.17. The van der Waals surface area contributed by atoms with Crippen molar-refractivity contribution in [2.45, 2.75) is 26.4 Å². The fraction of sp³-hybridized carbons (Fsp3) is 0.333. The Hall–Kier alpha value is -1.42. The van der Waals surface area contributed by atoms with Crippen molar-refractivity contribution in [1.29, 1.82) is 0 Å². The van der Waals surface area contributed by atoms with Crippen molar-refractivity contribution in [3.63, 3.8) is 0 Å². The van der Waals surface area contributed by atoms with Crippen molar-refractivity contribution >= 4 is 23.9 Å². The highest BCUT2D eigenvalue weighted by atomic mass is 35.5. The molecule has 92 valence electrons. The summed E-state index contributed by atoms with van der Waals surface area (Å²) in [7, 11) is 0. The zero-order chi connectivity index (χ0) is 13.2. The van der Waals surface area contributed by atoms with Crippen LogP contribution in [0.5, 0.6) is 0 Å². The number of benzene rings is 1. The van der Waals surface area contributed by atoms with Gasteiger partial charge in [-0.15, -0.1) is 0 Å². The van der Waals surface area contributed by atoms with Gasteiger partial charge in [0.15, 0.2) is 6.29 Å². The summed E-state index contributed by atoms with van der Waals surface area (Å²) in [6, 6.07) is 2.20. The zero-order valence-electron chi connectivity index (χ0n) is 9.71. The first kappa shape index (κ1) is 13.6. The topological polar surface area (TPSA) is 43.4 Å². The van der Waals surface area contributed by atoms with E-state index in [0.717, 1.165) is 6.07 Å². The molecule has 5 heteroatoms. The summed E-state index contributed by atoms with van der Waals surface area (Å²) >= 11 is 5.77. The van der Waals surface area contributed by atoms with Crippen LogP contribution in [0.1, 0.15) is 41.5 Å². The lowest BCUT2D eigenvalue weighted by atomic mass is 10.1. The third kappa shape index (κ3) is 3.27. The number of ether oxygens (including phenoxy) is 1. The van der Waals surface area contributed by atoms with E-state index in [1.165, 1.54) is 6.07 Å². The highest BCUT2D eigenvalue weighted by Crippen LogP contribution is 2.24. The van der Waals surface area contributed by atoms with Gasteiger partial charge in [0.1, 0.15) is 11.4 Å². The minimum Gasteiger partial charge on any atom is -0.456 e. The minimum absolute atomic E-state index is 0.0231. The van der Waals surface area contributed by atoms with Crippen molar-refractivity contribution < 1.29 is 18.7 Å². The molecular weight excluding hydrogens is 247 g/mol. The molecule has 0 amide bonds. The van der Waals surface area contributed by atoms with Gasteiger partial charge < -0.3 is 4.74 Å². The van der Waals surface area contributed by atoms with Gasteiger partial charge in [-0.05, 0) is 32.9 Å². The molecule has 0 heterocycles. The molecule has 0 bridgehead atoms. The van der Waals surface area contributed by atoms with Crippen LogP contribution < -0.4 is 0 Å². The number of halogens is 2. The maximum absolute atomic E-state index is 13.2. The van der Waals surface area contributed by atoms with E-state index in [9.17, 15) is 14.0 Å². The van der Waals surface area contributed by atoms with E-state index in [0.29, 0.717) is 0 Å². The van der Waals surface area contributed by atoms with Gasteiger partial charge in [-0.2, -0.15) is 0 Å². The van der Waals surface area contributed by atoms with Crippen molar-refractivity contribution in [3.05, 3.63) is 34.1 Å². The Bertz CT molecular complexity index is 464. The molecule has 0 fully saturated rings. The van der Waals surface area contributed by atoms with Gasteiger partial charge in [-0.25, -0.2) is 9.18 Å². The molecule has 0 spiro atoms. The average molecular weight is 259 g/mol. The Morgan fingerprint density at radius 2 is 2.00 bits per heavy atom. The number of hydrogen-bond donors (Lipinski definition) is 0. The molecule has 1 aromatic carbocycles. The standard InChI is InChI=1S/C12H12ClFO3/c1-12(2,3)17-11(16)7-4-5-9(14)8(6-15)10(7)13/h4-6H,1-3H3. The number of aldehydes is 1. The molecule has 17 heavy (non-hydrogen) atoms. The van der Waals surface area contributed by atoms with Crippen LogP contribution in [0.25, 0.3) is 0 Å². The molecule has 1 rings (SSSR count). The SMILES string of the molecule is CC(C)(C)OC(=O)c1ccc(F)c(C=O)c1Cl. The van der Waals surface area contributed by atoms with Crippen LogP contribution in [0.2, 0.25) is 5.02 Å². The predicted molar refractivity (Wildman–Crippen MR) is 62.0 cm³/mol. The van der Waals surface area contributed by atoms with Crippen LogP contribution in [0.15, 0.2) is 12.1 Å². The molecule has 0 aliphatic rings. The summed E-state index contributed by atoms with van der Waals surface area (Å²) < 4.78 is 18.2. The molecule has 0 aliphatic heterocycles. The van der Waals surface area contributed by atoms with Gasteiger partial charge in [-0.3, -0.25) is 4.79 Å². The lowest BCUT2D eigenvalue weighted by Crippen LogP contribution is -2.24. The molecule has 0 aromatic heterocycles. The fourth-order valence-corrected chi connectivity index (χ4v) is 1.44. The first-order chi connectivity index (χ1) is 7.76. The number of carbonyl (C=O) groups is 2. The van der Waals surface area contributed by atoms with Crippen LogP contribution in [0, 0.1) is 5.82 Å².